The van der Waals surface area contributed by atoms with Crippen LogP contribution >= 0.6 is 0 Å². The number of imide groups is 1. The van der Waals surface area contributed by atoms with Crippen LogP contribution in [0.15, 0.2) is 24.3 Å². The number of amides is 2. The normalized spacial score (nSPS) is 11.8. The number of likely N-dealkylation sites (N-methyl/N-ethyl adjacent to an activating group) is 1. The number of esters is 2. The quantitative estimate of drug-likeness (QED) is 0.0289. The SMILES string of the molecule is CCCCCCCCC=CCCCCCCCC(=O)OCC(=O)[N+](C)(C)C(=O)COC(=O)CCCCCCCC=CCCCCCCCC. The second kappa shape index (κ2) is 34.2. The lowest BCUT2D eigenvalue weighted by molar-refractivity contribution is -0.736. The molecule has 0 saturated heterocycles. The smallest absolute Gasteiger partial charge is 0.358 e. The Kier molecular flexibility index (Phi) is 32.6. The number of rotatable bonds is 34. The summed E-state index contributed by atoms with van der Waals surface area (Å²) in [5, 5.41) is 0. The van der Waals surface area contributed by atoms with Crippen molar-refractivity contribution in [1.82, 2.24) is 0 Å². The van der Waals surface area contributed by atoms with Crippen molar-refractivity contribution in [3.05, 3.63) is 24.3 Å². The van der Waals surface area contributed by atoms with Crippen LogP contribution in [0.25, 0.3) is 0 Å². The van der Waals surface area contributed by atoms with Gasteiger partial charge in [0.1, 0.15) is 0 Å². The van der Waals surface area contributed by atoms with E-state index in [-0.39, 0.29) is 12.8 Å². The maximum Gasteiger partial charge on any atom is 0.358 e. The molecule has 7 nitrogen and oxygen atoms in total. The molecular weight excluding hydrogens is 614 g/mol. The minimum absolute atomic E-state index is 0.265. The van der Waals surface area contributed by atoms with E-state index in [0.29, 0.717) is 0 Å². The zero-order valence-corrected chi connectivity index (χ0v) is 32.4. The largest absolute Gasteiger partial charge is 0.451 e. The highest BCUT2D eigenvalue weighted by atomic mass is 16.5. The Morgan fingerprint density at radius 2 is 0.673 bits per heavy atom. The molecule has 7 heteroatoms. The number of allylic oxidation sites excluding steroid dienone is 4. The molecule has 0 spiro atoms. The van der Waals surface area contributed by atoms with Gasteiger partial charge in [0.15, 0.2) is 0 Å². The van der Waals surface area contributed by atoms with Crippen LogP contribution in [0.1, 0.15) is 194 Å². The third-order valence-electron chi connectivity index (χ3n) is 9.25. The van der Waals surface area contributed by atoms with E-state index in [0.717, 1.165) is 64.2 Å². The van der Waals surface area contributed by atoms with Gasteiger partial charge in [0, 0.05) is 12.8 Å². The van der Waals surface area contributed by atoms with Crippen LogP contribution in [0.3, 0.4) is 0 Å². The number of nitrogens with zero attached hydrogens (tertiary/aromatic N) is 1. The van der Waals surface area contributed by atoms with Crippen LogP contribution in [0.2, 0.25) is 0 Å². The number of carbonyl (C=O) groups excluding carboxylic acids is 4. The van der Waals surface area contributed by atoms with Crippen LogP contribution in [-0.4, -0.2) is 55.5 Å². The van der Waals surface area contributed by atoms with Crippen molar-refractivity contribution in [3.8, 4) is 0 Å². The van der Waals surface area contributed by atoms with E-state index in [9.17, 15) is 19.2 Å². The first kappa shape index (κ1) is 46.7. The Balaban J connectivity index is 3.80. The molecule has 0 heterocycles. The van der Waals surface area contributed by atoms with Gasteiger partial charge >= 0.3 is 23.8 Å². The fourth-order valence-electron chi connectivity index (χ4n) is 5.57. The average molecular weight is 691 g/mol. The lowest BCUT2D eigenvalue weighted by atomic mass is 10.1. The van der Waals surface area contributed by atoms with Crippen LogP contribution in [-0.2, 0) is 28.7 Å². The predicted molar refractivity (Wildman–Crippen MR) is 203 cm³/mol. The number of hydrogen-bond acceptors (Lipinski definition) is 6. The molecule has 0 aromatic carbocycles. The van der Waals surface area contributed by atoms with Gasteiger partial charge in [-0.2, -0.15) is 4.48 Å². The Bertz CT molecular complexity index is 824. The first-order chi connectivity index (χ1) is 23.8. The second-order valence-corrected chi connectivity index (χ2v) is 14.2. The molecule has 284 valence electrons. The molecule has 0 aromatic rings. The van der Waals surface area contributed by atoms with Crippen molar-refractivity contribution < 1.29 is 33.1 Å². The lowest BCUT2D eigenvalue weighted by Crippen LogP contribution is -2.54. The molecule has 0 radical (unpaired) electrons. The zero-order chi connectivity index (χ0) is 36.3. The molecule has 0 unspecified atom stereocenters. The number of quaternary nitrogens is 1. The van der Waals surface area contributed by atoms with Crippen molar-refractivity contribution in [2.75, 3.05) is 27.3 Å². The highest BCUT2D eigenvalue weighted by Gasteiger charge is 2.36. The van der Waals surface area contributed by atoms with Crippen molar-refractivity contribution in [2.45, 2.75) is 194 Å². The van der Waals surface area contributed by atoms with E-state index in [2.05, 4.69) is 38.2 Å². The second-order valence-electron chi connectivity index (χ2n) is 14.2. The van der Waals surface area contributed by atoms with Gasteiger partial charge in [-0.15, -0.1) is 0 Å². The Morgan fingerprint density at radius 1 is 0.408 bits per heavy atom. The van der Waals surface area contributed by atoms with Crippen molar-refractivity contribution in [1.29, 1.82) is 0 Å². The predicted octanol–water partition coefficient (Wildman–Crippen LogP) is 11.3. The molecule has 0 bridgehead atoms. The minimum Gasteiger partial charge on any atom is -0.451 e. The summed E-state index contributed by atoms with van der Waals surface area (Å²) in [6.45, 7) is 3.56. The van der Waals surface area contributed by atoms with E-state index in [1.807, 2.05) is 0 Å². The van der Waals surface area contributed by atoms with Gasteiger partial charge in [0.25, 0.3) is 0 Å². The van der Waals surface area contributed by atoms with Gasteiger partial charge in [0.05, 0.1) is 14.1 Å². The molecule has 0 saturated carbocycles. The Hall–Kier alpha value is -2.28. The van der Waals surface area contributed by atoms with Gasteiger partial charge in [-0.05, 0) is 64.2 Å². The summed E-state index contributed by atoms with van der Waals surface area (Å²) in [4.78, 5) is 49.5. The van der Waals surface area contributed by atoms with Gasteiger partial charge in [-0.25, -0.2) is 9.59 Å². The summed E-state index contributed by atoms with van der Waals surface area (Å²) in [5.74, 6) is -1.94. The molecule has 0 aromatic heterocycles. The molecule has 0 aliphatic carbocycles. The molecule has 0 atom stereocenters. The highest BCUT2D eigenvalue weighted by molar-refractivity contribution is 5.87. The monoisotopic (exact) mass is 691 g/mol. The number of hydrogen-bond donors (Lipinski definition) is 0. The number of unbranched alkanes of at least 4 members (excludes halogenated alkanes) is 22. The summed E-state index contributed by atoms with van der Waals surface area (Å²) in [6, 6.07) is 0. The Morgan fingerprint density at radius 3 is 0.980 bits per heavy atom. The molecule has 0 N–H and O–H groups in total. The molecule has 0 aliphatic rings. The van der Waals surface area contributed by atoms with Gasteiger partial charge in [0.2, 0.25) is 13.2 Å². The average Bonchev–Trinajstić information content (AvgIpc) is 3.09. The Labute approximate surface area is 301 Å². The number of carbonyl (C=O) groups is 4. The third kappa shape index (κ3) is 30.3. The summed E-state index contributed by atoms with van der Waals surface area (Å²) in [6.07, 6.45) is 40.5. The fourth-order valence-corrected chi connectivity index (χ4v) is 5.57. The van der Waals surface area contributed by atoms with Gasteiger partial charge < -0.3 is 9.47 Å². The van der Waals surface area contributed by atoms with Crippen molar-refractivity contribution in [2.24, 2.45) is 0 Å². The molecule has 0 fully saturated rings. The van der Waals surface area contributed by atoms with E-state index < -0.39 is 41.4 Å². The first-order valence-electron chi connectivity index (χ1n) is 20.3. The zero-order valence-electron chi connectivity index (χ0n) is 32.4. The maximum absolute atomic E-state index is 12.6. The molecule has 49 heavy (non-hydrogen) atoms. The topological polar surface area (TPSA) is 86.7 Å². The van der Waals surface area contributed by atoms with Crippen LogP contribution < -0.4 is 0 Å². The minimum atomic E-state index is -0.638. The van der Waals surface area contributed by atoms with Crippen LogP contribution in [0.4, 0.5) is 0 Å². The molecule has 0 aliphatic heterocycles. The summed E-state index contributed by atoms with van der Waals surface area (Å²) < 4.78 is 9.65. The highest BCUT2D eigenvalue weighted by Crippen LogP contribution is 2.12. The standard InChI is InChI=1S/C42H76NO6/c1-5-7-9-11-13-15-17-19-21-23-25-27-29-31-33-35-41(46)48-37-39(44)43(3,4)40(45)38-49-42(47)36-34-32-30-28-26-24-22-20-18-16-14-12-10-8-6-2/h19-22H,5-18,23-38H2,1-4H3/q+1. The fraction of sp³-hybridized carbons (Fsp3) is 0.810. The number of ether oxygens (including phenoxy) is 2. The maximum atomic E-state index is 12.6. The molecule has 0 rings (SSSR count). The van der Waals surface area contributed by atoms with E-state index in [4.69, 9.17) is 9.47 Å². The van der Waals surface area contributed by atoms with E-state index in [1.165, 1.54) is 117 Å². The van der Waals surface area contributed by atoms with Crippen LogP contribution in [0, 0.1) is 0 Å². The van der Waals surface area contributed by atoms with Gasteiger partial charge in [-0.1, -0.05) is 141 Å². The lowest BCUT2D eigenvalue weighted by Gasteiger charge is -2.23. The third-order valence-corrected chi connectivity index (χ3v) is 9.25. The molecule has 2 amide bonds. The summed E-state index contributed by atoms with van der Waals surface area (Å²) in [5.41, 5.74) is 0. The van der Waals surface area contributed by atoms with Crippen LogP contribution in [0.5, 0.6) is 0 Å². The van der Waals surface area contributed by atoms with Gasteiger partial charge in [-0.3, -0.25) is 9.59 Å². The van der Waals surface area contributed by atoms with Crippen molar-refractivity contribution >= 4 is 23.8 Å². The van der Waals surface area contributed by atoms with Crippen molar-refractivity contribution in [3.63, 3.8) is 0 Å². The van der Waals surface area contributed by atoms with E-state index >= 15 is 0 Å². The molecular formula is C42H76NO6+. The van der Waals surface area contributed by atoms with E-state index in [1.54, 1.807) is 0 Å². The first-order valence-corrected chi connectivity index (χ1v) is 20.3. The summed E-state index contributed by atoms with van der Waals surface area (Å²) >= 11 is 0. The summed E-state index contributed by atoms with van der Waals surface area (Å²) in [7, 11) is 2.86.